The lowest BCUT2D eigenvalue weighted by Gasteiger charge is -2.16. The molecule has 1 aromatic rings. The van der Waals surface area contributed by atoms with E-state index >= 15 is 0 Å². The van der Waals surface area contributed by atoms with Crippen molar-refractivity contribution in [1.29, 1.82) is 0 Å². The summed E-state index contributed by atoms with van der Waals surface area (Å²) in [6.07, 6.45) is 6.93. The van der Waals surface area contributed by atoms with E-state index in [2.05, 4.69) is 14.8 Å². The van der Waals surface area contributed by atoms with Gasteiger partial charge in [0.25, 0.3) is 0 Å². The fraction of sp³-hybridized carbons (Fsp3) is 0.625. The molecule has 0 radical (unpaired) electrons. The number of benzene rings is 1. The van der Waals surface area contributed by atoms with Crippen molar-refractivity contribution in [1.82, 2.24) is 10.0 Å². The lowest BCUT2D eigenvalue weighted by molar-refractivity contribution is -0.386. The molecule has 2 rings (SSSR count). The Morgan fingerprint density at radius 3 is 2.46 bits per heavy atom. The van der Waals surface area contributed by atoms with Gasteiger partial charge in [-0.15, -0.1) is 0 Å². The Labute approximate surface area is 152 Å². The molecule has 1 aromatic carbocycles. The second-order valence-corrected chi connectivity index (χ2v) is 8.02. The molecule has 0 aliphatic heterocycles. The van der Waals surface area contributed by atoms with Gasteiger partial charge in [-0.05, 0) is 18.9 Å². The number of hydrogen-bond acceptors (Lipinski definition) is 6. The molecule has 0 bridgehead atoms. The lowest BCUT2D eigenvalue weighted by Crippen LogP contribution is -2.36. The number of hydrogen-bond donors (Lipinski definition) is 2. The van der Waals surface area contributed by atoms with Crippen molar-refractivity contribution >= 4 is 15.7 Å². The molecule has 146 valence electrons. The average molecular weight is 389 g/mol. The van der Waals surface area contributed by atoms with Crippen LogP contribution in [0.1, 0.15) is 38.5 Å². The minimum Gasteiger partial charge on any atom is -0.488 e. The van der Waals surface area contributed by atoms with Gasteiger partial charge in [-0.2, -0.15) is 0 Å². The van der Waals surface area contributed by atoms with Crippen LogP contribution in [0.15, 0.2) is 17.0 Å². The van der Waals surface area contributed by atoms with Crippen LogP contribution >= 0.6 is 0 Å². The van der Waals surface area contributed by atoms with E-state index in [9.17, 15) is 22.9 Å². The van der Waals surface area contributed by atoms with Crippen molar-refractivity contribution in [3.05, 3.63) is 28.1 Å². The van der Waals surface area contributed by atoms with E-state index in [-0.39, 0.29) is 6.54 Å². The Bertz CT molecular complexity index is 734. The SMILES string of the molecule is COc1c(F)cc(S(=O)(=O)NCCNC2CCCCCC2)cc1[N+](=O)[O-]. The summed E-state index contributed by atoms with van der Waals surface area (Å²) in [7, 11) is -2.98. The molecule has 2 N–H and O–H groups in total. The molecule has 0 unspecified atom stereocenters. The predicted octanol–water partition coefficient (Wildman–Crippen LogP) is 2.33. The van der Waals surface area contributed by atoms with Crippen LogP contribution in [-0.2, 0) is 10.0 Å². The van der Waals surface area contributed by atoms with Crippen LogP contribution in [-0.4, -0.2) is 39.6 Å². The van der Waals surface area contributed by atoms with Crippen LogP contribution < -0.4 is 14.8 Å². The van der Waals surface area contributed by atoms with Gasteiger partial charge in [-0.1, -0.05) is 25.7 Å². The number of halogens is 1. The summed E-state index contributed by atoms with van der Waals surface area (Å²) in [5.74, 6) is -1.69. The van der Waals surface area contributed by atoms with Gasteiger partial charge in [0.05, 0.1) is 16.9 Å². The first-order valence-corrected chi connectivity index (χ1v) is 10.1. The van der Waals surface area contributed by atoms with Crippen LogP contribution in [0.2, 0.25) is 0 Å². The van der Waals surface area contributed by atoms with Gasteiger partial charge in [0.15, 0.2) is 5.82 Å². The first-order valence-electron chi connectivity index (χ1n) is 8.60. The van der Waals surface area contributed by atoms with E-state index in [1.165, 1.54) is 12.8 Å². The van der Waals surface area contributed by atoms with Crippen molar-refractivity contribution < 1.29 is 22.5 Å². The third-order valence-electron chi connectivity index (χ3n) is 4.41. The monoisotopic (exact) mass is 389 g/mol. The number of nitro benzene ring substituents is 1. The Balaban J connectivity index is 1.99. The molecule has 10 heteroatoms. The number of sulfonamides is 1. The molecule has 1 aliphatic rings. The van der Waals surface area contributed by atoms with E-state index < -0.39 is 37.1 Å². The maximum Gasteiger partial charge on any atom is 0.315 e. The van der Waals surface area contributed by atoms with Gasteiger partial charge in [-0.3, -0.25) is 10.1 Å². The summed E-state index contributed by atoms with van der Waals surface area (Å²) in [4.78, 5) is 9.63. The average Bonchev–Trinajstić information content (AvgIpc) is 2.86. The van der Waals surface area contributed by atoms with E-state index in [0.717, 1.165) is 38.9 Å². The molecule has 1 aliphatic carbocycles. The molecule has 1 fully saturated rings. The Kier molecular flexibility index (Phi) is 7.30. The first kappa shape index (κ1) is 20.5. The van der Waals surface area contributed by atoms with E-state index in [0.29, 0.717) is 18.7 Å². The number of nitro groups is 1. The predicted molar refractivity (Wildman–Crippen MR) is 94.3 cm³/mol. The lowest BCUT2D eigenvalue weighted by atomic mass is 10.1. The summed E-state index contributed by atoms with van der Waals surface area (Å²) >= 11 is 0. The molecular weight excluding hydrogens is 365 g/mol. The second kappa shape index (κ2) is 9.24. The van der Waals surface area contributed by atoms with E-state index in [4.69, 9.17) is 0 Å². The quantitative estimate of drug-likeness (QED) is 0.306. The molecule has 0 saturated heterocycles. The molecule has 26 heavy (non-hydrogen) atoms. The largest absolute Gasteiger partial charge is 0.488 e. The van der Waals surface area contributed by atoms with E-state index in [1.54, 1.807) is 0 Å². The third kappa shape index (κ3) is 5.36. The summed E-state index contributed by atoms with van der Waals surface area (Å²) in [6, 6.07) is 1.89. The van der Waals surface area contributed by atoms with Gasteiger partial charge < -0.3 is 10.1 Å². The second-order valence-electron chi connectivity index (χ2n) is 6.25. The zero-order chi connectivity index (χ0) is 19.2. The van der Waals surface area contributed by atoms with Crippen molar-refractivity contribution in [2.24, 2.45) is 0 Å². The number of rotatable bonds is 8. The van der Waals surface area contributed by atoms with Gasteiger partial charge in [0.2, 0.25) is 15.8 Å². The normalized spacial score (nSPS) is 16.2. The highest BCUT2D eigenvalue weighted by Gasteiger charge is 2.26. The molecule has 0 amide bonds. The van der Waals surface area contributed by atoms with Crippen LogP contribution in [0.5, 0.6) is 5.75 Å². The van der Waals surface area contributed by atoms with Crippen LogP contribution in [0.3, 0.4) is 0 Å². The topological polar surface area (TPSA) is 111 Å². The Hall–Kier alpha value is -1.78. The van der Waals surface area contributed by atoms with Crippen molar-refractivity contribution in [2.75, 3.05) is 20.2 Å². The molecule has 1 saturated carbocycles. The maximum atomic E-state index is 13.9. The summed E-state index contributed by atoms with van der Waals surface area (Å²) in [5, 5.41) is 14.3. The smallest absolute Gasteiger partial charge is 0.315 e. The zero-order valence-electron chi connectivity index (χ0n) is 14.7. The van der Waals surface area contributed by atoms with E-state index in [1.807, 2.05) is 0 Å². The molecule has 0 spiro atoms. The number of nitrogens with zero attached hydrogens (tertiary/aromatic N) is 1. The van der Waals surface area contributed by atoms with Crippen molar-refractivity contribution in [3.8, 4) is 5.75 Å². The fourth-order valence-corrected chi connectivity index (χ4v) is 4.14. The number of nitrogens with one attached hydrogen (secondary N) is 2. The summed E-state index contributed by atoms with van der Waals surface area (Å²) in [6.45, 7) is 0.547. The zero-order valence-corrected chi connectivity index (χ0v) is 15.5. The van der Waals surface area contributed by atoms with Gasteiger partial charge in [0.1, 0.15) is 0 Å². The molecule has 0 heterocycles. The summed E-state index contributed by atoms with van der Waals surface area (Å²) < 4.78 is 45.5. The first-order chi connectivity index (χ1) is 12.3. The maximum absolute atomic E-state index is 13.9. The summed E-state index contributed by atoms with van der Waals surface area (Å²) in [5.41, 5.74) is -0.732. The van der Waals surface area contributed by atoms with Gasteiger partial charge in [0, 0.05) is 25.2 Å². The van der Waals surface area contributed by atoms with Gasteiger partial charge >= 0.3 is 5.69 Å². The standard InChI is InChI=1S/C16H24FN3O5S/c1-25-16-14(17)10-13(11-15(16)20(21)22)26(23,24)19-9-8-18-12-6-4-2-3-5-7-12/h10-12,18-19H,2-9H2,1H3. The fourth-order valence-electron chi connectivity index (χ4n) is 3.08. The molecule has 0 aromatic heterocycles. The van der Waals surface area contributed by atoms with Crippen LogP contribution in [0, 0.1) is 15.9 Å². The van der Waals surface area contributed by atoms with Gasteiger partial charge in [-0.25, -0.2) is 17.5 Å². The minimum atomic E-state index is -4.06. The van der Waals surface area contributed by atoms with Crippen LogP contribution in [0.25, 0.3) is 0 Å². The number of ether oxygens (including phenoxy) is 1. The van der Waals surface area contributed by atoms with Crippen LogP contribution in [0.4, 0.5) is 10.1 Å². The molecule has 0 atom stereocenters. The third-order valence-corrected chi connectivity index (χ3v) is 5.85. The highest BCUT2D eigenvalue weighted by Crippen LogP contribution is 2.32. The number of methoxy groups -OCH3 is 1. The molecular formula is C16H24FN3O5S. The Morgan fingerprint density at radius 1 is 1.23 bits per heavy atom. The molecule has 8 nitrogen and oxygen atoms in total. The Morgan fingerprint density at radius 2 is 1.88 bits per heavy atom. The highest BCUT2D eigenvalue weighted by atomic mass is 32.2. The minimum absolute atomic E-state index is 0.111. The van der Waals surface area contributed by atoms with Crippen molar-refractivity contribution in [2.45, 2.75) is 49.5 Å². The highest BCUT2D eigenvalue weighted by molar-refractivity contribution is 7.89. The van der Waals surface area contributed by atoms with Crippen molar-refractivity contribution in [3.63, 3.8) is 0 Å².